The third kappa shape index (κ3) is 3.71. The molecular weight excluding hydrogens is 254 g/mol. The normalized spacial score (nSPS) is 15.3. The first-order valence-electron chi connectivity index (χ1n) is 5.15. The van der Waals surface area contributed by atoms with Crippen molar-refractivity contribution in [3.8, 4) is 10.8 Å². The lowest BCUT2D eigenvalue weighted by molar-refractivity contribution is -0.116. The van der Waals surface area contributed by atoms with Crippen LogP contribution >= 0.6 is 15.9 Å². The van der Waals surface area contributed by atoms with Gasteiger partial charge < -0.3 is 5.32 Å². The Balaban J connectivity index is 2.48. The van der Waals surface area contributed by atoms with Crippen LogP contribution in [0.15, 0.2) is 11.6 Å². The Morgan fingerprint density at radius 2 is 2.40 bits per heavy atom. The molecule has 1 aliphatic rings. The average Bonchev–Trinajstić information content (AvgIpc) is 2.69. The van der Waals surface area contributed by atoms with Crippen molar-refractivity contribution in [3.63, 3.8) is 0 Å². The molecule has 0 aromatic carbocycles. The summed E-state index contributed by atoms with van der Waals surface area (Å²) in [5, 5.41) is 2.82. The summed E-state index contributed by atoms with van der Waals surface area (Å²) >= 11 is 2.90. The van der Waals surface area contributed by atoms with Crippen molar-refractivity contribution in [3.05, 3.63) is 11.6 Å². The summed E-state index contributed by atoms with van der Waals surface area (Å²) in [6.45, 7) is 4.97. The second-order valence-electron chi connectivity index (χ2n) is 4.41. The lowest BCUT2D eigenvalue weighted by atomic mass is 9.83. The molecule has 15 heavy (non-hydrogen) atoms. The van der Waals surface area contributed by atoms with E-state index in [1.165, 1.54) is 18.4 Å². The van der Waals surface area contributed by atoms with Gasteiger partial charge >= 0.3 is 0 Å². The van der Waals surface area contributed by atoms with Gasteiger partial charge in [0, 0.05) is 33.8 Å². The molecule has 0 aliphatic heterocycles. The quantitative estimate of drug-likeness (QED) is 0.620. The Morgan fingerprint density at radius 3 is 2.93 bits per heavy atom. The highest BCUT2D eigenvalue weighted by Crippen LogP contribution is 2.33. The molecule has 3 heteroatoms. The number of hydrogen-bond acceptors (Lipinski definition) is 1. The number of carbonyl (C=O) groups excluding carboxylic acids is 1. The van der Waals surface area contributed by atoms with Crippen LogP contribution in [0.4, 0.5) is 0 Å². The number of amides is 1. The molecule has 0 unspecified atom stereocenters. The highest BCUT2D eigenvalue weighted by Gasteiger charge is 2.25. The Kier molecular flexibility index (Phi) is 4.41. The van der Waals surface area contributed by atoms with E-state index in [1.807, 2.05) is 0 Å². The molecule has 0 aromatic rings. The van der Waals surface area contributed by atoms with Crippen molar-refractivity contribution in [2.24, 2.45) is 5.41 Å². The van der Waals surface area contributed by atoms with Gasteiger partial charge in [-0.15, -0.1) is 0 Å². The minimum atomic E-state index is -0.224. The fourth-order valence-electron chi connectivity index (χ4n) is 1.79. The molecule has 0 heterocycles. The number of rotatable bonds is 3. The molecule has 0 spiro atoms. The number of carbonyl (C=O) groups is 1. The summed E-state index contributed by atoms with van der Waals surface area (Å²) in [5.41, 5.74) is 1.51. The first-order valence-corrected chi connectivity index (χ1v) is 5.94. The van der Waals surface area contributed by atoms with Gasteiger partial charge in [-0.1, -0.05) is 25.5 Å². The van der Waals surface area contributed by atoms with Crippen LogP contribution in [0.1, 0.15) is 33.1 Å². The van der Waals surface area contributed by atoms with E-state index in [2.05, 4.69) is 51.9 Å². The van der Waals surface area contributed by atoms with Crippen molar-refractivity contribution in [2.75, 3.05) is 6.54 Å². The minimum absolute atomic E-state index is 0.0557. The second kappa shape index (κ2) is 5.37. The Bertz CT molecular complexity index is 333. The zero-order valence-electron chi connectivity index (χ0n) is 9.19. The van der Waals surface area contributed by atoms with E-state index in [-0.39, 0.29) is 11.3 Å². The van der Waals surface area contributed by atoms with Gasteiger partial charge in [0.1, 0.15) is 0 Å². The van der Waals surface area contributed by atoms with Gasteiger partial charge in [0.05, 0.1) is 0 Å². The molecule has 0 aromatic heterocycles. The Labute approximate surface area is 99.6 Å². The number of nitrogens with one attached hydrogen (secondary N) is 1. The third-order valence-corrected chi connectivity index (χ3v) is 2.96. The standard InChI is InChI=1S/C12H16BrNO/c1-12(2,10-5-3-4-6-10)9-14-11(15)7-8-13/h5H,3-4,6,9H2,1-2H3,(H,14,15). The number of hydrogen-bond donors (Lipinski definition) is 1. The van der Waals surface area contributed by atoms with Gasteiger partial charge in [0.15, 0.2) is 0 Å². The van der Waals surface area contributed by atoms with Crippen molar-refractivity contribution >= 4 is 21.8 Å². The zero-order valence-corrected chi connectivity index (χ0v) is 10.8. The van der Waals surface area contributed by atoms with Crippen LogP contribution in [0, 0.1) is 16.2 Å². The third-order valence-electron chi connectivity index (χ3n) is 2.76. The maximum absolute atomic E-state index is 11.2. The van der Waals surface area contributed by atoms with Crippen LogP contribution in [0.5, 0.6) is 0 Å². The van der Waals surface area contributed by atoms with Crippen LogP contribution < -0.4 is 5.32 Å². The van der Waals surface area contributed by atoms with Crippen molar-refractivity contribution < 1.29 is 4.79 Å². The maximum Gasteiger partial charge on any atom is 0.296 e. The number of allylic oxidation sites excluding steroid dienone is 1. The van der Waals surface area contributed by atoms with Gasteiger partial charge in [0.25, 0.3) is 5.91 Å². The van der Waals surface area contributed by atoms with Crippen LogP contribution in [-0.2, 0) is 4.79 Å². The maximum atomic E-state index is 11.2. The van der Waals surface area contributed by atoms with E-state index in [4.69, 9.17) is 0 Å². The predicted octanol–water partition coefficient (Wildman–Crippen LogP) is 2.59. The van der Waals surface area contributed by atoms with Gasteiger partial charge in [-0.05, 0) is 24.1 Å². The monoisotopic (exact) mass is 269 g/mol. The topological polar surface area (TPSA) is 29.1 Å². The van der Waals surface area contributed by atoms with E-state index in [0.717, 1.165) is 6.42 Å². The van der Waals surface area contributed by atoms with Gasteiger partial charge in [-0.25, -0.2) is 0 Å². The van der Waals surface area contributed by atoms with E-state index in [9.17, 15) is 4.79 Å². The first kappa shape index (κ1) is 12.3. The van der Waals surface area contributed by atoms with Gasteiger partial charge in [-0.2, -0.15) is 0 Å². The molecule has 0 atom stereocenters. The summed E-state index contributed by atoms with van der Waals surface area (Å²) in [6.07, 6.45) is 5.87. The van der Waals surface area contributed by atoms with Crippen LogP contribution in [0.25, 0.3) is 0 Å². The van der Waals surface area contributed by atoms with Crippen molar-refractivity contribution in [2.45, 2.75) is 33.1 Å². The summed E-state index contributed by atoms with van der Waals surface area (Å²) in [4.78, 5) is 13.6. The van der Waals surface area contributed by atoms with E-state index < -0.39 is 0 Å². The van der Waals surface area contributed by atoms with Gasteiger partial charge in [-0.3, -0.25) is 4.79 Å². The van der Waals surface area contributed by atoms with E-state index in [0.29, 0.717) is 6.54 Å². The fourth-order valence-corrected chi connectivity index (χ4v) is 1.97. The molecular formula is C12H16BrNO. The fraction of sp³-hybridized carbons (Fsp3) is 0.583. The lowest BCUT2D eigenvalue weighted by Crippen LogP contribution is -2.34. The summed E-state index contributed by atoms with van der Waals surface area (Å²) < 4.78 is 0. The molecule has 1 amide bonds. The number of halogens is 1. The highest BCUT2D eigenvalue weighted by molar-refractivity contribution is 9.12. The molecule has 0 saturated carbocycles. The molecule has 1 rings (SSSR count). The predicted molar refractivity (Wildman–Crippen MR) is 65.4 cm³/mol. The van der Waals surface area contributed by atoms with E-state index >= 15 is 0 Å². The highest BCUT2D eigenvalue weighted by atomic mass is 79.9. The molecule has 0 fully saturated rings. The van der Waals surface area contributed by atoms with Crippen LogP contribution in [0.2, 0.25) is 0 Å². The second-order valence-corrected chi connectivity index (χ2v) is 4.80. The summed E-state index contributed by atoms with van der Waals surface area (Å²) in [7, 11) is 0. The molecule has 1 N–H and O–H groups in total. The summed E-state index contributed by atoms with van der Waals surface area (Å²) in [5.74, 6) is 2.18. The minimum Gasteiger partial charge on any atom is -0.344 e. The van der Waals surface area contributed by atoms with Gasteiger partial charge in [0.2, 0.25) is 0 Å². The molecule has 0 radical (unpaired) electrons. The van der Waals surface area contributed by atoms with Crippen LogP contribution in [0.3, 0.4) is 0 Å². The van der Waals surface area contributed by atoms with Crippen molar-refractivity contribution in [1.82, 2.24) is 5.32 Å². The first-order chi connectivity index (χ1) is 7.06. The summed E-state index contributed by atoms with van der Waals surface area (Å²) in [6, 6.07) is 0. The van der Waals surface area contributed by atoms with E-state index in [1.54, 1.807) is 0 Å². The Hall–Kier alpha value is -0.750. The molecule has 2 nitrogen and oxygen atoms in total. The smallest absolute Gasteiger partial charge is 0.296 e. The SMILES string of the molecule is CC(C)(CNC(=O)C#CBr)C1=CCCC1. The average molecular weight is 270 g/mol. The molecule has 0 saturated heterocycles. The molecule has 0 bridgehead atoms. The van der Waals surface area contributed by atoms with Crippen molar-refractivity contribution in [1.29, 1.82) is 0 Å². The largest absolute Gasteiger partial charge is 0.344 e. The van der Waals surface area contributed by atoms with Crippen LogP contribution in [-0.4, -0.2) is 12.5 Å². The molecule has 1 aliphatic carbocycles. The lowest BCUT2D eigenvalue weighted by Gasteiger charge is -2.26. The molecule has 82 valence electrons. The Morgan fingerprint density at radius 1 is 1.67 bits per heavy atom. The zero-order chi connectivity index (χ0) is 11.3.